The van der Waals surface area contributed by atoms with Crippen LogP contribution in [0.15, 0.2) is 0 Å². The largest absolute Gasteiger partial charge is 0.385 e. The monoisotopic (exact) mass is 287 g/mol. The van der Waals surface area contributed by atoms with Gasteiger partial charge in [-0.25, -0.2) is 0 Å². The molecule has 1 aliphatic rings. The fourth-order valence-electron chi connectivity index (χ4n) is 2.90. The van der Waals surface area contributed by atoms with E-state index in [1.165, 1.54) is 32.1 Å². The molecule has 0 aromatic heterocycles. The number of methoxy groups -OCH3 is 1. The van der Waals surface area contributed by atoms with Crippen LogP contribution in [0.3, 0.4) is 0 Å². The third kappa shape index (κ3) is 8.20. The average molecular weight is 287 g/mol. The van der Waals surface area contributed by atoms with Gasteiger partial charge < -0.3 is 19.5 Å². The van der Waals surface area contributed by atoms with Crippen LogP contribution in [0.2, 0.25) is 0 Å². The van der Waals surface area contributed by atoms with Crippen LogP contribution in [0.1, 0.15) is 45.4 Å². The van der Waals surface area contributed by atoms with Gasteiger partial charge in [-0.15, -0.1) is 0 Å². The lowest BCUT2D eigenvalue weighted by Gasteiger charge is -2.30. The zero-order valence-electron chi connectivity index (χ0n) is 13.4. The van der Waals surface area contributed by atoms with Crippen LogP contribution < -0.4 is 5.32 Å². The van der Waals surface area contributed by atoms with Gasteiger partial charge in [0.15, 0.2) is 0 Å². The number of ether oxygens (including phenoxy) is 3. The molecular weight excluding hydrogens is 254 g/mol. The van der Waals surface area contributed by atoms with Gasteiger partial charge in [-0.05, 0) is 31.7 Å². The molecule has 1 atom stereocenters. The second-order valence-corrected chi connectivity index (χ2v) is 5.60. The van der Waals surface area contributed by atoms with Crippen LogP contribution in [0.25, 0.3) is 0 Å². The summed E-state index contributed by atoms with van der Waals surface area (Å²) in [6, 6.07) is 0.522. The summed E-state index contributed by atoms with van der Waals surface area (Å²) in [5.74, 6) is 0.798. The van der Waals surface area contributed by atoms with Gasteiger partial charge in [0.25, 0.3) is 0 Å². The van der Waals surface area contributed by atoms with E-state index in [0.29, 0.717) is 19.3 Å². The summed E-state index contributed by atoms with van der Waals surface area (Å²) in [4.78, 5) is 0. The normalized spacial score (nSPS) is 18.3. The van der Waals surface area contributed by atoms with Crippen molar-refractivity contribution in [2.75, 3.05) is 46.7 Å². The lowest BCUT2D eigenvalue weighted by Crippen LogP contribution is -2.41. The predicted molar refractivity (Wildman–Crippen MR) is 82.2 cm³/mol. The second kappa shape index (κ2) is 12.6. The van der Waals surface area contributed by atoms with Crippen LogP contribution in [0.4, 0.5) is 0 Å². The van der Waals surface area contributed by atoms with Gasteiger partial charge >= 0.3 is 0 Å². The maximum atomic E-state index is 5.79. The van der Waals surface area contributed by atoms with Gasteiger partial charge in [0, 0.05) is 26.4 Å². The molecule has 120 valence electrons. The Morgan fingerprint density at radius 2 is 1.75 bits per heavy atom. The molecule has 20 heavy (non-hydrogen) atoms. The Morgan fingerprint density at radius 3 is 2.45 bits per heavy atom. The first-order valence-electron chi connectivity index (χ1n) is 8.26. The van der Waals surface area contributed by atoms with Crippen molar-refractivity contribution < 1.29 is 14.2 Å². The van der Waals surface area contributed by atoms with Crippen molar-refractivity contribution in [1.82, 2.24) is 5.32 Å². The molecule has 0 aromatic rings. The van der Waals surface area contributed by atoms with E-state index in [0.717, 1.165) is 38.7 Å². The molecule has 0 heterocycles. The van der Waals surface area contributed by atoms with E-state index in [1.807, 2.05) is 0 Å². The molecule has 1 aliphatic carbocycles. The van der Waals surface area contributed by atoms with Gasteiger partial charge in [-0.2, -0.15) is 0 Å². The first-order chi connectivity index (χ1) is 9.88. The Labute approximate surface area is 124 Å². The molecule has 0 bridgehead atoms. The van der Waals surface area contributed by atoms with Crippen molar-refractivity contribution in [3.63, 3.8) is 0 Å². The van der Waals surface area contributed by atoms with E-state index in [4.69, 9.17) is 14.2 Å². The van der Waals surface area contributed by atoms with E-state index in [2.05, 4.69) is 12.2 Å². The number of hydrogen-bond donors (Lipinski definition) is 1. The third-order valence-corrected chi connectivity index (χ3v) is 3.99. The zero-order chi connectivity index (χ0) is 14.5. The molecule has 0 saturated heterocycles. The summed E-state index contributed by atoms with van der Waals surface area (Å²) in [6.07, 6.45) is 7.84. The topological polar surface area (TPSA) is 39.7 Å². The van der Waals surface area contributed by atoms with Gasteiger partial charge in [-0.3, -0.25) is 0 Å². The average Bonchev–Trinajstić information content (AvgIpc) is 2.50. The Bertz CT molecular complexity index is 208. The lowest BCUT2D eigenvalue weighted by molar-refractivity contribution is 0.0243. The summed E-state index contributed by atoms with van der Waals surface area (Å²) < 4.78 is 16.3. The van der Waals surface area contributed by atoms with E-state index < -0.39 is 0 Å². The summed E-state index contributed by atoms with van der Waals surface area (Å²) in [5.41, 5.74) is 0. The minimum Gasteiger partial charge on any atom is -0.385 e. The van der Waals surface area contributed by atoms with Crippen molar-refractivity contribution in [3.8, 4) is 0 Å². The molecule has 0 spiro atoms. The molecule has 1 saturated carbocycles. The van der Waals surface area contributed by atoms with Gasteiger partial charge in [0.2, 0.25) is 0 Å². The van der Waals surface area contributed by atoms with Crippen LogP contribution >= 0.6 is 0 Å². The Balaban J connectivity index is 2.03. The Kier molecular flexibility index (Phi) is 11.2. The molecule has 1 fully saturated rings. The second-order valence-electron chi connectivity index (χ2n) is 5.60. The van der Waals surface area contributed by atoms with Crippen molar-refractivity contribution in [3.05, 3.63) is 0 Å². The highest BCUT2D eigenvalue weighted by Gasteiger charge is 2.22. The van der Waals surface area contributed by atoms with Crippen LogP contribution in [0, 0.1) is 5.92 Å². The molecule has 0 aromatic carbocycles. The van der Waals surface area contributed by atoms with E-state index in [1.54, 1.807) is 7.11 Å². The van der Waals surface area contributed by atoms with Crippen molar-refractivity contribution >= 4 is 0 Å². The molecule has 4 nitrogen and oxygen atoms in total. The molecule has 4 heteroatoms. The van der Waals surface area contributed by atoms with Crippen molar-refractivity contribution in [1.29, 1.82) is 0 Å². The summed E-state index contributed by atoms with van der Waals surface area (Å²) in [7, 11) is 1.72. The summed E-state index contributed by atoms with van der Waals surface area (Å²) >= 11 is 0. The predicted octanol–water partition coefficient (Wildman–Crippen LogP) is 2.61. The van der Waals surface area contributed by atoms with E-state index in [-0.39, 0.29) is 0 Å². The number of nitrogens with one attached hydrogen (secondary N) is 1. The third-order valence-electron chi connectivity index (χ3n) is 3.99. The molecule has 1 N–H and O–H groups in total. The Hall–Kier alpha value is -0.160. The van der Waals surface area contributed by atoms with Gasteiger partial charge in [0.05, 0.1) is 19.8 Å². The molecule has 1 rings (SSSR count). The minimum atomic E-state index is 0.522. The molecule has 0 aliphatic heterocycles. The van der Waals surface area contributed by atoms with Crippen LogP contribution in [-0.4, -0.2) is 52.7 Å². The van der Waals surface area contributed by atoms with Crippen molar-refractivity contribution in [2.24, 2.45) is 5.92 Å². The Morgan fingerprint density at radius 1 is 1.00 bits per heavy atom. The standard InChI is InChI=1S/C16H33NO3/c1-3-17-16(15-8-5-4-6-9-15)14-20-13-12-19-11-7-10-18-2/h15-17H,3-14H2,1-2H3. The van der Waals surface area contributed by atoms with Crippen LogP contribution in [0.5, 0.6) is 0 Å². The quantitative estimate of drug-likeness (QED) is 0.560. The molecular formula is C16H33NO3. The summed E-state index contributed by atoms with van der Waals surface area (Å²) in [5, 5.41) is 3.59. The fraction of sp³-hybridized carbons (Fsp3) is 1.00. The number of hydrogen-bond acceptors (Lipinski definition) is 4. The van der Waals surface area contributed by atoms with E-state index in [9.17, 15) is 0 Å². The highest BCUT2D eigenvalue weighted by molar-refractivity contribution is 4.78. The highest BCUT2D eigenvalue weighted by atomic mass is 16.5. The maximum absolute atomic E-state index is 5.79. The molecule has 1 unspecified atom stereocenters. The maximum Gasteiger partial charge on any atom is 0.0701 e. The van der Waals surface area contributed by atoms with E-state index >= 15 is 0 Å². The van der Waals surface area contributed by atoms with Gasteiger partial charge in [0.1, 0.15) is 0 Å². The SMILES string of the molecule is CCNC(COCCOCCCOC)C1CCCCC1. The summed E-state index contributed by atoms with van der Waals surface area (Å²) in [6.45, 7) is 6.93. The number of rotatable bonds is 12. The first kappa shape index (κ1) is 17.9. The lowest BCUT2D eigenvalue weighted by atomic mass is 9.84. The number of likely N-dealkylation sites (N-methyl/N-ethyl adjacent to an activating group) is 1. The fourth-order valence-corrected chi connectivity index (χ4v) is 2.90. The zero-order valence-corrected chi connectivity index (χ0v) is 13.4. The smallest absolute Gasteiger partial charge is 0.0701 e. The molecule has 0 amide bonds. The minimum absolute atomic E-state index is 0.522. The highest BCUT2D eigenvalue weighted by Crippen LogP contribution is 2.26. The van der Waals surface area contributed by atoms with Gasteiger partial charge in [-0.1, -0.05) is 26.2 Å². The first-order valence-corrected chi connectivity index (χ1v) is 8.26. The van der Waals surface area contributed by atoms with Crippen LogP contribution in [-0.2, 0) is 14.2 Å². The van der Waals surface area contributed by atoms with Crippen molar-refractivity contribution in [2.45, 2.75) is 51.5 Å². The molecule has 0 radical (unpaired) electrons.